The maximum Gasteiger partial charge on any atom is 0.264 e. The summed E-state index contributed by atoms with van der Waals surface area (Å²) in [4.78, 5) is 40.7. The number of carbonyl (C=O) groups excluding carboxylic acids is 3. The number of sulfonamides is 1. The van der Waals surface area contributed by atoms with Crippen LogP contribution >= 0.6 is 0 Å². The van der Waals surface area contributed by atoms with Crippen LogP contribution in [0.25, 0.3) is 10.8 Å². The second kappa shape index (κ2) is 12.6. The summed E-state index contributed by atoms with van der Waals surface area (Å²) in [7, 11) is -4.24. The summed E-state index contributed by atoms with van der Waals surface area (Å²) in [6.07, 6.45) is -0.0335. The quantitative estimate of drug-likeness (QED) is 0.192. The van der Waals surface area contributed by atoms with Gasteiger partial charge in [-0.15, -0.1) is 0 Å². The van der Waals surface area contributed by atoms with E-state index in [0.717, 1.165) is 5.39 Å². The molecule has 4 aromatic carbocycles. The van der Waals surface area contributed by atoms with Crippen molar-refractivity contribution in [2.24, 2.45) is 5.92 Å². The first kappa shape index (κ1) is 29.3. The zero-order chi connectivity index (χ0) is 29.6. The van der Waals surface area contributed by atoms with Crippen molar-refractivity contribution in [2.75, 3.05) is 24.1 Å². The largest absolute Gasteiger partial charge is 0.398 e. The van der Waals surface area contributed by atoms with Crippen LogP contribution in [0.1, 0.15) is 29.8 Å². The molecule has 0 saturated heterocycles. The Labute approximate surface area is 239 Å². The van der Waals surface area contributed by atoms with Crippen LogP contribution in [0.4, 0.5) is 11.4 Å². The third-order valence-electron chi connectivity index (χ3n) is 6.81. The first-order valence-corrected chi connectivity index (χ1v) is 14.7. The third kappa shape index (κ3) is 6.90. The Kier molecular flexibility index (Phi) is 9.04. The van der Waals surface area contributed by atoms with Crippen molar-refractivity contribution in [3.63, 3.8) is 0 Å². The van der Waals surface area contributed by atoms with Gasteiger partial charge in [-0.05, 0) is 73.0 Å². The highest BCUT2D eigenvalue weighted by molar-refractivity contribution is 7.90. The molecule has 4 N–H and O–H groups in total. The number of hydrogen-bond acceptors (Lipinski definition) is 6. The van der Waals surface area contributed by atoms with E-state index in [9.17, 15) is 22.8 Å². The fourth-order valence-electron chi connectivity index (χ4n) is 4.51. The zero-order valence-corrected chi connectivity index (χ0v) is 23.6. The van der Waals surface area contributed by atoms with E-state index < -0.39 is 27.8 Å². The van der Waals surface area contributed by atoms with E-state index in [1.807, 2.05) is 12.1 Å². The van der Waals surface area contributed by atoms with Crippen LogP contribution in [0.15, 0.2) is 95.9 Å². The van der Waals surface area contributed by atoms with Gasteiger partial charge < -0.3 is 16.0 Å². The Morgan fingerprint density at radius 3 is 2.12 bits per heavy atom. The maximum atomic E-state index is 13.4. The van der Waals surface area contributed by atoms with Gasteiger partial charge >= 0.3 is 0 Å². The molecule has 0 aliphatic heterocycles. The first-order valence-electron chi connectivity index (χ1n) is 13.2. The molecule has 0 radical (unpaired) electrons. The molecule has 0 aliphatic carbocycles. The molecule has 9 nitrogen and oxygen atoms in total. The number of anilines is 2. The highest BCUT2D eigenvalue weighted by atomic mass is 32.2. The highest BCUT2D eigenvalue weighted by Crippen LogP contribution is 2.21. The molecule has 0 bridgehead atoms. The number of nitrogens with one attached hydrogen (secondary N) is 2. The number of nitrogens with two attached hydrogens (primary N) is 1. The Balaban J connectivity index is 1.54. The summed E-state index contributed by atoms with van der Waals surface area (Å²) in [6, 6.07) is 25.2. The van der Waals surface area contributed by atoms with E-state index in [-0.39, 0.29) is 17.2 Å². The number of para-hydroxylation sites is 1. The molecule has 0 aromatic heterocycles. The van der Waals surface area contributed by atoms with Crippen LogP contribution < -0.4 is 15.8 Å². The van der Waals surface area contributed by atoms with Gasteiger partial charge in [0, 0.05) is 24.5 Å². The Hall–Kier alpha value is -4.70. The van der Waals surface area contributed by atoms with Crippen molar-refractivity contribution in [3.05, 3.63) is 102 Å². The molecule has 1 atom stereocenters. The topological polar surface area (TPSA) is 139 Å². The number of nitrogen functional groups attached to an aromatic ring is 1. The summed E-state index contributed by atoms with van der Waals surface area (Å²) in [6.45, 7) is 4.31. The lowest BCUT2D eigenvalue weighted by Gasteiger charge is -2.25. The number of rotatable bonds is 10. The summed E-state index contributed by atoms with van der Waals surface area (Å²) in [5.74, 6) is -3.04. The number of benzene rings is 4. The highest BCUT2D eigenvalue weighted by Gasteiger charge is 2.33. The minimum Gasteiger partial charge on any atom is -0.398 e. The lowest BCUT2D eigenvalue weighted by molar-refractivity contribution is -0.141. The Morgan fingerprint density at radius 1 is 0.829 bits per heavy atom. The molecule has 0 fully saturated rings. The van der Waals surface area contributed by atoms with Gasteiger partial charge in [0.25, 0.3) is 15.9 Å². The van der Waals surface area contributed by atoms with Crippen LogP contribution in [0.5, 0.6) is 0 Å². The molecule has 0 unspecified atom stereocenters. The molecule has 10 heteroatoms. The molecule has 41 heavy (non-hydrogen) atoms. The van der Waals surface area contributed by atoms with E-state index in [4.69, 9.17) is 5.73 Å². The standard InChI is InChI=1S/C31H32N4O5S/c1-3-35(4-2)31(38)27(30(37)34-41(39,40)25-18-15-22-9-5-6-10-23(22)20-25)19-21-13-16-24(17-14-21)33-29(36)26-11-7-8-12-28(26)32/h5-18,20,27H,3-4,19,32H2,1-2H3,(H,33,36)(H,34,37)/t27-/m1/s1. The molecular weight excluding hydrogens is 540 g/mol. The van der Waals surface area contributed by atoms with Crippen molar-refractivity contribution < 1.29 is 22.8 Å². The van der Waals surface area contributed by atoms with Gasteiger partial charge in [-0.2, -0.15) is 0 Å². The van der Waals surface area contributed by atoms with Gasteiger partial charge in [0.15, 0.2) is 0 Å². The summed E-state index contributed by atoms with van der Waals surface area (Å²) in [5, 5.41) is 4.34. The SMILES string of the molecule is CCN(CC)C(=O)[C@H](Cc1ccc(NC(=O)c2ccccc2N)cc1)C(=O)NS(=O)(=O)c1ccc2ccccc2c1. The van der Waals surface area contributed by atoms with E-state index in [1.54, 1.807) is 80.6 Å². The molecule has 0 spiro atoms. The molecule has 4 aromatic rings. The molecule has 212 valence electrons. The molecule has 3 amide bonds. The minimum absolute atomic E-state index is 0.0335. The summed E-state index contributed by atoms with van der Waals surface area (Å²) in [5.41, 5.74) is 7.69. The molecule has 0 aliphatic rings. The van der Waals surface area contributed by atoms with Gasteiger partial charge in [-0.1, -0.05) is 54.6 Å². The molecule has 0 heterocycles. The van der Waals surface area contributed by atoms with Gasteiger partial charge in [-0.3, -0.25) is 14.4 Å². The van der Waals surface area contributed by atoms with Gasteiger partial charge in [0.05, 0.1) is 10.5 Å². The Bertz CT molecular complexity index is 1680. The predicted molar refractivity (Wildman–Crippen MR) is 160 cm³/mol. The van der Waals surface area contributed by atoms with Crippen LogP contribution in [-0.4, -0.2) is 44.1 Å². The maximum absolute atomic E-state index is 13.4. The average Bonchev–Trinajstić information content (AvgIpc) is 2.97. The predicted octanol–water partition coefficient (Wildman–Crippen LogP) is 4.21. The van der Waals surface area contributed by atoms with Crippen LogP contribution in [0, 0.1) is 5.92 Å². The molecule has 0 saturated carbocycles. The second-order valence-corrected chi connectivity index (χ2v) is 11.2. The van der Waals surface area contributed by atoms with Crippen molar-refractivity contribution >= 4 is 49.9 Å². The van der Waals surface area contributed by atoms with Crippen LogP contribution in [-0.2, 0) is 26.0 Å². The smallest absolute Gasteiger partial charge is 0.264 e. The van der Waals surface area contributed by atoms with Gasteiger partial charge in [0.2, 0.25) is 11.8 Å². The normalized spacial score (nSPS) is 12.0. The number of amides is 3. The zero-order valence-electron chi connectivity index (χ0n) is 22.8. The number of nitrogens with zero attached hydrogens (tertiary/aromatic N) is 1. The lowest BCUT2D eigenvalue weighted by atomic mass is 9.97. The lowest BCUT2D eigenvalue weighted by Crippen LogP contribution is -2.46. The molecule has 4 rings (SSSR count). The number of carbonyl (C=O) groups is 3. The van der Waals surface area contributed by atoms with Crippen LogP contribution in [0.2, 0.25) is 0 Å². The van der Waals surface area contributed by atoms with Crippen molar-refractivity contribution in [1.82, 2.24) is 9.62 Å². The summed E-state index contributed by atoms with van der Waals surface area (Å²) >= 11 is 0. The first-order chi connectivity index (χ1) is 19.6. The Morgan fingerprint density at radius 2 is 1.46 bits per heavy atom. The molecular formula is C31H32N4O5S. The van der Waals surface area contributed by atoms with Gasteiger partial charge in [-0.25, -0.2) is 13.1 Å². The number of fused-ring (bicyclic) bond motifs is 1. The fourth-order valence-corrected chi connectivity index (χ4v) is 5.56. The van der Waals surface area contributed by atoms with Crippen molar-refractivity contribution in [1.29, 1.82) is 0 Å². The van der Waals surface area contributed by atoms with E-state index in [0.29, 0.717) is 41.0 Å². The monoisotopic (exact) mass is 572 g/mol. The summed E-state index contributed by atoms with van der Waals surface area (Å²) < 4.78 is 28.4. The van der Waals surface area contributed by atoms with Crippen LogP contribution in [0.3, 0.4) is 0 Å². The number of hydrogen-bond donors (Lipinski definition) is 3. The van der Waals surface area contributed by atoms with Crippen molar-refractivity contribution in [3.8, 4) is 0 Å². The van der Waals surface area contributed by atoms with Crippen molar-refractivity contribution in [2.45, 2.75) is 25.2 Å². The van der Waals surface area contributed by atoms with E-state index in [2.05, 4.69) is 10.0 Å². The average molecular weight is 573 g/mol. The van der Waals surface area contributed by atoms with Gasteiger partial charge in [0.1, 0.15) is 5.92 Å². The third-order valence-corrected chi connectivity index (χ3v) is 8.16. The van der Waals surface area contributed by atoms with E-state index in [1.165, 1.54) is 17.0 Å². The van der Waals surface area contributed by atoms with E-state index >= 15 is 0 Å². The second-order valence-electron chi connectivity index (χ2n) is 9.48. The minimum atomic E-state index is -4.24. The fraction of sp³-hybridized carbons (Fsp3) is 0.194.